The van der Waals surface area contributed by atoms with Crippen LogP contribution in [0.2, 0.25) is 0 Å². The first-order valence-corrected chi connectivity index (χ1v) is 12.5. The summed E-state index contributed by atoms with van der Waals surface area (Å²) in [6.07, 6.45) is 13.4. The highest BCUT2D eigenvalue weighted by Crippen LogP contribution is 2.22. The summed E-state index contributed by atoms with van der Waals surface area (Å²) in [6.45, 7) is 4.06. The highest BCUT2D eigenvalue weighted by molar-refractivity contribution is 5.43. The van der Waals surface area contributed by atoms with Crippen LogP contribution in [-0.4, -0.2) is 32.2 Å². The zero-order chi connectivity index (χ0) is 23.1. The first-order valence-electron chi connectivity index (χ1n) is 12.5. The number of unbranched alkanes of at least 4 members (excludes halogenated alkanes) is 9. The predicted octanol–water partition coefficient (Wildman–Crippen LogP) is 8.61. The second kappa shape index (κ2) is 14.8. The molecule has 0 radical (unpaired) electrons. The van der Waals surface area contributed by atoms with Gasteiger partial charge in [-0.3, -0.25) is 0 Å². The molecule has 0 spiro atoms. The summed E-state index contributed by atoms with van der Waals surface area (Å²) in [5.41, 5.74) is 3.02. The second-order valence-electron chi connectivity index (χ2n) is 9.84. The average Bonchev–Trinajstić information content (AvgIpc) is 2.77. The van der Waals surface area contributed by atoms with Crippen molar-refractivity contribution >= 4 is 11.4 Å². The molecule has 176 valence electrons. The summed E-state index contributed by atoms with van der Waals surface area (Å²) in [6, 6.07) is 16.2. The Bertz CT molecular complexity index is 761. The topological polar surface area (TPSA) is 34.0 Å². The molecule has 0 aliphatic carbocycles. The third-order valence-corrected chi connectivity index (χ3v) is 5.48. The molecule has 0 bridgehead atoms. The van der Waals surface area contributed by atoms with Gasteiger partial charge in [-0.2, -0.15) is 10.2 Å². The van der Waals surface area contributed by atoms with E-state index in [0.717, 1.165) is 41.2 Å². The summed E-state index contributed by atoms with van der Waals surface area (Å²) in [5, 5.41) is 8.70. The van der Waals surface area contributed by atoms with E-state index in [0.29, 0.717) is 0 Å². The van der Waals surface area contributed by atoms with Gasteiger partial charge < -0.3 is 9.22 Å². The van der Waals surface area contributed by atoms with Gasteiger partial charge in [0.25, 0.3) is 0 Å². The lowest BCUT2D eigenvalue weighted by atomic mass is 10.1. The van der Waals surface area contributed by atoms with Crippen molar-refractivity contribution in [2.24, 2.45) is 10.2 Å². The van der Waals surface area contributed by atoms with E-state index in [1.807, 2.05) is 36.4 Å². The Labute approximate surface area is 196 Å². The Kier molecular flexibility index (Phi) is 12.0. The molecular weight excluding hydrogens is 394 g/mol. The molecule has 0 amide bonds. The van der Waals surface area contributed by atoms with Gasteiger partial charge in [0, 0.05) is 5.56 Å². The zero-order valence-corrected chi connectivity index (χ0v) is 20.9. The van der Waals surface area contributed by atoms with Gasteiger partial charge in [-0.15, -0.1) is 0 Å². The van der Waals surface area contributed by atoms with Crippen molar-refractivity contribution in [3.63, 3.8) is 0 Å². The third kappa shape index (κ3) is 12.0. The maximum atomic E-state index is 5.87. The number of quaternary nitrogens is 1. The van der Waals surface area contributed by atoms with E-state index >= 15 is 0 Å². The maximum Gasteiger partial charge on any atom is 0.119 e. The molecule has 0 aliphatic heterocycles. The van der Waals surface area contributed by atoms with Gasteiger partial charge in [0.05, 0.1) is 39.1 Å². The van der Waals surface area contributed by atoms with Crippen molar-refractivity contribution in [3.8, 4) is 5.75 Å². The molecule has 2 aromatic rings. The van der Waals surface area contributed by atoms with Crippen molar-refractivity contribution in [3.05, 3.63) is 54.1 Å². The average molecular weight is 439 g/mol. The van der Waals surface area contributed by atoms with Crippen molar-refractivity contribution in [2.45, 2.75) is 77.7 Å². The first-order chi connectivity index (χ1) is 15.5. The first kappa shape index (κ1) is 26.1. The molecule has 0 aliphatic rings. The van der Waals surface area contributed by atoms with Crippen molar-refractivity contribution in [1.29, 1.82) is 0 Å². The van der Waals surface area contributed by atoms with E-state index in [1.54, 1.807) is 0 Å². The zero-order valence-electron chi connectivity index (χ0n) is 20.9. The third-order valence-electron chi connectivity index (χ3n) is 5.48. The lowest BCUT2D eigenvalue weighted by Crippen LogP contribution is -2.33. The quantitative estimate of drug-likeness (QED) is 0.147. The minimum absolute atomic E-state index is 0.789. The van der Waals surface area contributed by atoms with Crippen molar-refractivity contribution < 1.29 is 9.22 Å². The summed E-state index contributed by atoms with van der Waals surface area (Å²) >= 11 is 0. The summed E-state index contributed by atoms with van der Waals surface area (Å²) in [7, 11) is 6.58. The van der Waals surface area contributed by atoms with Gasteiger partial charge in [-0.1, -0.05) is 76.8 Å². The fraction of sp³-hybridized carbons (Fsp3) is 0.571. The van der Waals surface area contributed by atoms with Crippen LogP contribution in [0.15, 0.2) is 58.8 Å². The normalized spacial score (nSPS) is 11.9. The lowest BCUT2D eigenvalue weighted by molar-refractivity contribution is -0.884. The molecule has 0 heterocycles. The molecule has 0 fully saturated rings. The number of nitrogens with zero attached hydrogens (tertiary/aromatic N) is 3. The molecule has 4 nitrogen and oxygen atoms in total. The van der Waals surface area contributed by atoms with Gasteiger partial charge in [0.1, 0.15) is 12.3 Å². The Morgan fingerprint density at radius 2 is 1.09 bits per heavy atom. The summed E-state index contributed by atoms with van der Waals surface area (Å²) in [5.74, 6) is 0.907. The summed E-state index contributed by atoms with van der Waals surface area (Å²) in [4.78, 5) is 0. The molecule has 2 aromatic carbocycles. The summed E-state index contributed by atoms with van der Waals surface area (Å²) < 4.78 is 6.79. The van der Waals surface area contributed by atoms with E-state index in [1.165, 1.54) is 63.4 Å². The van der Waals surface area contributed by atoms with Crippen molar-refractivity contribution in [1.82, 2.24) is 0 Å². The van der Waals surface area contributed by atoms with Crippen LogP contribution in [0.25, 0.3) is 0 Å². The Morgan fingerprint density at radius 1 is 0.625 bits per heavy atom. The van der Waals surface area contributed by atoms with Crippen molar-refractivity contribution in [2.75, 3.05) is 27.7 Å². The largest absolute Gasteiger partial charge is 0.494 e. The number of ether oxygens (including phenoxy) is 1. The minimum atomic E-state index is 0.789. The molecule has 32 heavy (non-hydrogen) atoms. The Hall–Kier alpha value is -2.20. The van der Waals surface area contributed by atoms with Crippen LogP contribution in [0.3, 0.4) is 0 Å². The molecule has 0 atom stereocenters. The van der Waals surface area contributed by atoms with Gasteiger partial charge in [-0.25, -0.2) is 0 Å². The minimum Gasteiger partial charge on any atom is -0.494 e. The molecule has 4 heteroatoms. The molecule has 0 saturated heterocycles. The monoisotopic (exact) mass is 438 g/mol. The highest BCUT2D eigenvalue weighted by Gasteiger charge is 2.07. The SMILES string of the molecule is CCCCCCCCCCCCOc1ccc(N=Nc2ccc(C[N+](C)(C)C)cc2)cc1. The van der Waals surface area contributed by atoms with Crippen LogP contribution in [-0.2, 0) is 6.54 Å². The van der Waals surface area contributed by atoms with Crippen LogP contribution in [0.5, 0.6) is 5.75 Å². The highest BCUT2D eigenvalue weighted by atomic mass is 16.5. The van der Waals surface area contributed by atoms with Gasteiger partial charge in [0.15, 0.2) is 0 Å². The second-order valence-corrected chi connectivity index (χ2v) is 9.84. The number of hydrogen-bond donors (Lipinski definition) is 0. The van der Waals surface area contributed by atoms with Gasteiger partial charge in [-0.05, 0) is 42.8 Å². The number of rotatable bonds is 16. The molecule has 0 unspecified atom stereocenters. The molecule has 2 rings (SSSR count). The number of hydrogen-bond acceptors (Lipinski definition) is 3. The molecular formula is C28H44N3O+. The molecule has 0 N–H and O–H groups in total. The molecule has 0 aromatic heterocycles. The predicted molar refractivity (Wildman–Crippen MR) is 136 cm³/mol. The van der Waals surface area contributed by atoms with Gasteiger partial charge in [0.2, 0.25) is 0 Å². The van der Waals surface area contributed by atoms with Crippen LogP contribution in [0, 0.1) is 0 Å². The Balaban J connectivity index is 1.61. The Morgan fingerprint density at radius 3 is 1.59 bits per heavy atom. The number of azo groups is 1. The van der Waals surface area contributed by atoms with Gasteiger partial charge >= 0.3 is 0 Å². The van der Waals surface area contributed by atoms with E-state index in [2.05, 4.69) is 50.4 Å². The maximum absolute atomic E-state index is 5.87. The van der Waals surface area contributed by atoms with Crippen LogP contribution in [0.4, 0.5) is 11.4 Å². The van der Waals surface area contributed by atoms with Crippen LogP contribution < -0.4 is 4.74 Å². The smallest absolute Gasteiger partial charge is 0.119 e. The fourth-order valence-corrected chi connectivity index (χ4v) is 3.72. The van der Waals surface area contributed by atoms with E-state index in [9.17, 15) is 0 Å². The van der Waals surface area contributed by atoms with E-state index in [4.69, 9.17) is 4.74 Å². The van der Waals surface area contributed by atoms with Crippen LogP contribution in [0.1, 0.15) is 76.7 Å². The standard InChI is InChI=1S/C28H44N3O/c1-5-6-7-8-9-10-11-12-13-14-23-32-28-21-19-27(20-22-28)30-29-26-17-15-25(16-18-26)24-31(2,3)4/h15-22H,5-14,23-24H2,1-4H3/q+1. The van der Waals surface area contributed by atoms with Crippen LogP contribution >= 0.6 is 0 Å². The fourth-order valence-electron chi connectivity index (χ4n) is 3.72. The van der Waals surface area contributed by atoms with E-state index in [-0.39, 0.29) is 0 Å². The van der Waals surface area contributed by atoms with E-state index < -0.39 is 0 Å². The number of benzene rings is 2. The molecule has 0 saturated carbocycles. The lowest BCUT2D eigenvalue weighted by Gasteiger charge is -2.23.